The number of carbonyl (C=O) groups is 2. The summed E-state index contributed by atoms with van der Waals surface area (Å²) in [7, 11) is 4.06. The minimum atomic E-state index is -1.03. The van der Waals surface area contributed by atoms with E-state index in [9.17, 15) is 9.59 Å². The fraction of sp³-hybridized carbons (Fsp3) is 0.900. The monoisotopic (exact) mass is 390 g/mol. The lowest BCUT2D eigenvalue weighted by Gasteiger charge is -2.19. The SMILES string of the molecule is CC(C)OCC(C)C(=O)NCCCN(C)C.CCCCOC(C)(C)C(=O)O. The molecule has 1 unspecified atom stereocenters. The molecular formula is C20H42N2O5. The largest absolute Gasteiger partial charge is 0.479 e. The average molecular weight is 391 g/mol. The normalized spacial score (nSPS) is 12.5. The second-order valence-corrected chi connectivity index (χ2v) is 7.75. The van der Waals surface area contributed by atoms with Crippen molar-refractivity contribution in [2.45, 2.75) is 72.5 Å². The van der Waals surface area contributed by atoms with Crippen molar-refractivity contribution >= 4 is 11.9 Å². The van der Waals surface area contributed by atoms with Crippen molar-refractivity contribution in [1.29, 1.82) is 0 Å². The highest BCUT2D eigenvalue weighted by Crippen LogP contribution is 2.09. The summed E-state index contributed by atoms with van der Waals surface area (Å²) in [5, 5.41) is 11.5. The smallest absolute Gasteiger partial charge is 0.335 e. The zero-order chi connectivity index (χ0) is 21.5. The number of amides is 1. The summed E-state index contributed by atoms with van der Waals surface area (Å²) in [6.07, 6.45) is 3.10. The fourth-order valence-corrected chi connectivity index (χ4v) is 1.73. The Morgan fingerprint density at radius 3 is 2.19 bits per heavy atom. The van der Waals surface area contributed by atoms with Gasteiger partial charge in [-0.15, -0.1) is 0 Å². The highest BCUT2D eigenvalue weighted by molar-refractivity contribution is 5.78. The number of nitrogens with one attached hydrogen (secondary N) is 1. The van der Waals surface area contributed by atoms with E-state index >= 15 is 0 Å². The number of carbonyl (C=O) groups excluding carboxylic acids is 1. The zero-order valence-corrected chi connectivity index (χ0v) is 18.6. The van der Waals surface area contributed by atoms with Gasteiger partial charge in [0.1, 0.15) is 0 Å². The fourth-order valence-electron chi connectivity index (χ4n) is 1.73. The predicted octanol–water partition coefficient (Wildman–Crippen LogP) is 2.78. The maximum atomic E-state index is 11.6. The molecule has 2 N–H and O–H groups in total. The topological polar surface area (TPSA) is 88.1 Å². The minimum absolute atomic E-state index is 0.0678. The number of carboxylic acids is 1. The highest BCUT2D eigenvalue weighted by Gasteiger charge is 2.27. The number of hydrogen-bond donors (Lipinski definition) is 2. The van der Waals surface area contributed by atoms with Gasteiger partial charge in [0, 0.05) is 13.2 Å². The Hall–Kier alpha value is -1.18. The third kappa shape index (κ3) is 18.0. The Bertz CT molecular complexity index is 398. The van der Waals surface area contributed by atoms with Gasteiger partial charge in [-0.05, 0) is 61.2 Å². The van der Waals surface area contributed by atoms with Crippen molar-refractivity contribution in [2.24, 2.45) is 5.92 Å². The van der Waals surface area contributed by atoms with Crippen LogP contribution in [-0.4, -0.2) is 74.0 Å². The second-order valence-electron chi connectivity index (χ2n) is 7.75. The number of hydrogen-bond acceptors (Lipinski definition) is 5. The molecule has 0 aromatic carbocycles. The number of aliphatic carboxylic acids is 1. The van der Waals surface area contributed by atoms with Gasteiger partial charge in [-0.1, -0.05) is 20.3 Å². The van der Waals surface area contributed by atoms with E-state index < -0.39 is 11.6 Å². The van der Waals surface area contributed by atoms with Crippen molar-refractivity contribution in [3.63, 3.8) is 0 Å². The molecule has 1 atom stereocenters. The summed E-state index contributed by atoms with van der Waals surface area (Å²) < 4.78 is 10.5. The molecule has 0 aromatic rings. The molecule has 7 nitrogen and oxygen atoms in total. The van der Waals surface area contributed by atoms with Crippen molar-refractivity contribution < 1.29 is 24.2 Å². The molecule has 0 fully saturated rings. The standard InChI is InChI=1S/C12H26N2O2.C8H16O3/c1-10(2)16-9-11(3)12(15)13-7-6-8-14(4)5;1-4-5-6-11-8(2,3)7(9)10/h10-11H,6-9H2,1-5H3,(H,13,15);4-6H2,1-3H3,(H,9,10). The van der Waals surface area contributed by atoms with Crippen LogP contribution in [0.25, 0.3) is 0 Å². The molecule has 7 heteroatoms. The van der Waals surface area contributed by atoms with Gasteiger partial charge in [-0.2, -0.15) is 0 Å². The Morgan fingerprint density at radius 1 is 1.15 bits per heavy atom. The van der Waals surface area contributed by atoms with Gasteiger partial charge in [-0.3, -0.25) is 4.79 Å². The van der Waals surface area contributed by atoms with E-state index in [-0.39, 0.29) is 17.9 Å². The molecule has 0 saturated carbocycles. The van der Waals surface area contributed by atoms with Crippen molar-refractivity contribution in [3.05, 3.63) is 0 Å². The van der Waals surface area contributed by atoms with E-state index in [0.29, 0.717) is 13.2 Å². The highest BCUT2D eigenvalue weighted by atomic mass is 16.5. The summed E-state index contributed by atoms with van der Waals surface area (Å²) in [6, 6.07) is 0. The average Bonchev–Trinajstić information content (AvgIpc) is 2.56. The molecule has 1 amide bonds. The molecule has 0 saturated heterocycles. The van der Waals surface area contributed by atoms with Crippen molar-refractivity contribution in [3.8, 4) is 0 Å². The molecule has 0 heterocycles. The molecule has 27 heavy (non-hydrogen) atoms. The number of ether oxygens (including phenoxy) is 2. The van der Waals surface area contributed by atoms with Gasteiger partial charge >= 0.3 is 5.97 Å². The van der Waals surface area contributed by atoms with Crippen LogP contribution in [0, 0.1) is 5.92 Å². The maximum Gasteiger partial charge on any atom is 0.335 e. The second kappa shape index (κ2) is 15.8. The Morgan fingerprint density at radius 2 is 1.74 bits per heavy atom. The lowest BCUT2D eigenvalue weighted by molar-refractivity contribution is -0.161. The molecule has 0 aliphatic heterocycles. The van der Waals surface area contributed by atoms with Crippen LogP contribution in [0.3, 0.4) is 0 Å². The van der Waals surface area contributed by atoms with E-state index in [0.717, 1.165) is 32.4 Å². The summed E-state index contributed by atoms with van der Waals surface area (Å²) in [4.78, 5) is 24.2. The molecule has 0 radical (unpaired) electrons. The maximum absolute atomic E-state index is 11.6. The summed E-state index contributed by atoms with van der Waals surface area (Å²) >= 11 is 0. The van der Waals surface area contributed by atoms with Crippen molar-refractivity contribution in [2.75, 3.05) is 40.4 Å². The Balaban J connectivity index is 0. The van der Waals surface area contributed by atoms with E-state index in [1.807, 2.05) is 41.8 Å². The summed E-state index contributed by atoms with van der Waals surface area (Å²) in [6.45, 7) is 13.8. The van der Waals surface area contributed by atoms with Gasteiger partial charge in [0.25, 0.3) is 0 Å². The van der Waals surface area contributed by atoms with Crippen LogP contribution in [0.2, 0.25) is 0 Å². The van der Waals surface area contributed by atoms with Crippen LogP contribution >= 0.6 is 0 Å². The third-order valence-electron chi connectivity index (χ3n) is 3.68. The quantitative estimate of drug-likeness (QED) is 0.470. The van der Waals surface area contributed by atoms with E-state index in [1.165, 1.54) is 0 Å². The van der Waals surface area contributed by atoms with Gasteiger partial charge in [-0.25, -0.2) is 4.79 Å². The summed E-state index contributed by atoms with van der Waals surface area (Å²) in [5.41, 5.74) is -1.03. The van der Waals surface area contributed by atoms with Gasteiger partial charge in [0.15, 0.2) is 5.60 Å². The van der Waals surface area contributed by atoms with Crippen LogP contribution in [0.15, 0.2) is 0 Å². The van der Waals surface area contributed by atoms with E-state index in [1.54, 1.807) is 13.8 Å². The summed E-state index contributed by atoms with van der Waals surface area (Å²) in [5.74, 6) is -0.894. The van der Waals surface area contributed by atoms with Crippen LogP contribution in [0.4, 0.5) is 0 Å². The molecule has 0 bridgehead atoms. The first kappa shape index (κ1) is 28.0. The Kier molecular flexibility index (Phi) is 16.4. The molecule has 0 rings (SSSR count). The van der Waals surface area contributed by atoms with E-state index in [2.05, 4.69) is 10.2 Å². The molecule has 0 spiro atoms. The number of nitrogens with zero attached hydrogens (tertiary/aromatic N) is 1. The van der Waals surface area contributed by atoms with Crippen LogP contribution < -0.4 is 5.32 Å². The third-order valence-corrected chi connectivity index (χ3v) is 3.68. The lowest BCUT2D eigenvalue weighted by atomic mass is 10.1. The number of rotatable bonds is 13. The van der Waals surface area contributed by atoms with Gasteiger partial charge in [0.05, 0.1) is 18.6 Å². The minimum Gasteiger partial charge on any atom is -0.479 e. The first-order chi connectivity index (χ1) is 12.4. The molecule has 0 aliphatic carbocycles. The van der Waals surface area contributed by atoms with Gasteiger partial charge in [0.2, 0.25) is 5.91 Å². The molecular weight excluding hydrogens is 348 g/mol. The zero-order valence-electron chi connectivity index (χ0n) is 18.6. The van der Waals surface area contributed by atoms with Crippen molar-refractivity contribution in [1.82, 2.24) is 10.2 Å². The molecule has 0 aromatic heterocycles. The molecule has 162 valence electrons. The van der Waals surface area contributed by atoms with E-state index in [4.69, 9.17) is 14.6 Å². The number of unbranched alkanes of at least 4 members (excludes halogenated alkanes) is 1. The first-order valence-corrected chi connectivity index (χ1v) is 9.85. The predicted molar refractivity (Wildman–Crippen MR) is 109 cm³/mol. The van der Waals surface area contributed by atoms with Crippen LogP contribution in [0.1, 0.15) is 60.8 Å². The lowest BCUT2D eigenvalue weighted by Crippen LogP contribution is -2.34. The van der Waals surface area contributed by atoms with Gasteiger partial charge < -0.3 is 24.8 Å². The van der Waals surface area contributed by atoms with Crippen LogP contribution in [0.5, 0.6) is 0 Å². The molecule has 0 aliphatic rings. The Labute approximate surface area is 165 Å². The first-order valence-electron chi connectivity index (χ1n) is 9.85. The number of carboxylic acid groups (broad SMARTS) is 1. The van der Waals surface area contributed by atoms with Crippen LogP contribution in [-0.2, 0) is 19.1 Å².